The molecule has 3 heterocycles. The topological polar surface area (TPSA) is 77.1 Å². The van der Waals surface area contributed by atoms with Gasteiger partial charge >= 0.3 is 0 Å². The molecule has 1 aliphatic rings. The summed E-state index contributed by atoms with van der Waals surface area (Å²) < 4.78 is 3.98. The largest absolute Gasteiger partial charge is 0.348 e. The number of nitrogens with zero attached hydrogens (tertiary/aromatic N) is 5. The van der Waals surface area contributed by atoms with Crippen molar-refractivity contribution in [1.29, 1.82) is 0 Å². The van der Waals surface area contributed by atoms with Crippen LogP contribution >= 0.6 is 11.3 Å². The van der Waals surface area contributed by atoms with Gasteiger partial charge in [-0.05, 0) is 19.1 Å². The molecule has 3 aromatic rings. The third kappa shape index (κ3) is 2.65. The van der Waals surface area contributed by atoms with Gasteiger partial charge in [-0.1, -0.05) is 18.2 Å². The van der Waals surface area contributed by atoms with Crippen molar-refractivity contribution in [3.05, 3.63) is 57.9 Å². The molecule has 0 bridgehead atoms. The Morgan fingerprint density at radius 3 is 2.96 bits per heavy atom. The van der Waals surface area contributed by atoms with E-state index in [1.165, 1.54) is 0 Å². The highest BCUT2D eigenvalue weighted by Crippen LogP contribution is 2.12. The second kappa shape index (κ2) is 6.04. The number of rotatable bonds is 3. The molecule has 0 saturated carbocycles. The van der Waals surface area contributed by atoms with Crippen molar-refractivity contribution in [2.75, 3.05) is 6.54 Å². The molecule has 0 aliphatic carbocycles. The number of carbonyl (C=O) groups excluding carboxylic acids is 1. The third-order valence-electron chi connectivity index (χ3n) is 3.92. The van der Waals surface area contributed by atoms with E-state index in [1.807, 2.05) is 41.8 Å². The summed E-state index contributed by atoms with van der Waals surface area (Å²) in [7, 11) is 0. The number of amides is 1. The molecule has 8 heteroatoms. The monoisotopic (exact) mass is 340 g/mol. The number of carbonyl (C=O) groups is 1. The number of thiazole rings is 1. The van der Waals surface area contributed by atoms with Gasteiger partial charge < -0.3 is 14.5 Å². The Labute approximate surface area is 142 Å². The Hall–Kier alpha value is -2.74. The van der Waals surface area contributed by atoms with Crippen LogP contribution in [0.15, 0.2) is 40.7 Å². The zero-order valence-corrected chi connectivity index (χ0v) is 14.0. The van der Waals surface area contributed by atoms with Gasteiger partial charge in [-0.15, -0.1) is 21.5 Å². The van der Waals surface area contributed by atoms with Crippen LogP contribution in [0.1, 0.15) is 22.1 Å². The minimum absolute atomic E-state index is 0.166. The molecule has 4 rings (SSSR count). The molecule has 1 aromatic carbocycles. The number of nitrogens with one attached hydrogen (secondary N) is 1. The molecule has 1 aliphatic heterocycles. The summed E-state index contributed by atoms with van der Waals surface area (Å²) in [5.74, 6) is 0.989. The second-order valence-electron chi connectivity index (χ2n) is 5.54. The molecular weight excluding hydrogens is 324 g/mol. The zero-order chi connectivity index (χ0) is 16.5. The fourth-order valence-electron chi connectivity index (χ4n) is 2.67. The Bertz CT molecular complexity index is 953. The van der Waals surface area contributed by atoms with Crippen LogP contribution in [0, 0.1) is 6.92 Å². The van der Waals surface area contributed by atoms with E-state index in [1.54, 1.807) is 11.3 Å². The van der Waals surface area contributed by atoms with Gasteiger partial charge in [0.25, 0.3) is 5.91 Å². The first-order valence-corrected chi connectivity index (χ1v) is 8.55. The molecule has 2 aromatic heterocycles. The van der Waals surface area contributed by atoms with Crippen molar-refractivity contribution in [3.8, 4) is 0 Å². The van der Waals surface area contributed by atoms with Crippen LogP contribution in [0.25, 0.3) is 0 Å². The van der Waals surface area contributed by atoms with Gasteiger partial charge in [0.15, 0.2) is 10.6 Å². The van der Waals surface area contributed by atoms with E-state index in [0.717, 1.165) is 22.0 Å². The number of aromatic nitrogens is 4. The van der Waals surface area contributed by atoms with Gasteiger partial charge in [-0.2, -0.15) is 0 Å². The average Bonchev–Trinajstić information content (AvgIpc) is 3.16. The van der Waals surface area contributed by atoms with Crippen molar-refractivity contribution in [1.82, 2.24) is 24.6 Å². The summed E-state index contributed by atoms with van der Waals surface area (Å²) in [5.41, 5.74) is 2.02. The van der Waals surface area contributed by atoms with Gasteiger partial charge in [-0.3, -0.25) is 4.79 Å². The van der Waals surface area contributed by atoms with Crippen LogP contribution in [0.5, 0.6) is 0 Å². The summed E-state index contributed by atoms with van der Waals surface area (Å²) in [6, 6.07) is 9.86. The summed E-state index contributed by atoms with van der Waals surface area (Å²) >= 11 is 1.59. The van der Waals surface area contributed by atoms with Crippen LogP contribution in [0.4, 0.5) is 5.69 Å². The number of benzene rings is 1. The molecule has 0 spiro atoms. The molecule has 0 unspecified atom stereocenters. The van der Waals surface area contributed by atoms with Gasteiger partial charge in [0.2, 0.25) is 5.82 Å². The molecule has 0 atom stereocenters. The van der Waals surface area contributed by atoms with E-state index in [9.17, 15) is 4.79 Å². The maximum atomic E-state index is 11.8. The predicted molar refractivity (Wildman–Crippen MR) is 90.2 cm³/mol. The number of aryl methyl sites for hydroxylation is 1. The maximum Gasteiger partial charge on any atom is 0.289 e. The molecule has 7 nitrogen and oxygen atoms in total. The molecule has 0 radical (unpaired) electrons. The molecule has 1 amide bonds. The minimum Gasteiger partial charge on any atom is -0.348 e. The Kier molecular flexibility index (Phi) is 3.73. The Balaban J connectivity index is 1.73. The van der Waals surface area contributed by atoms with Crippen LogP contribution in [-0.2, 0) is 13.1 Å². The second-order valence-corrected chi connectivity index (χ2v) is 6.38. The fourth-order valence-corrected chi connectivity index (χ4v) is 3.56. The lowest BCUT2D eigenvalue weighted by Gasteiger charge is -2.16. The molecule has 1 N–H and O–H groups in total. The van der Waals surface area contributed by atoms with Crippen molar-refractivity contribution < 1.29 is 4.79 Å². The van der Waals surface area contributed by atoms with Gasteiger partial charge in [0, 0.05) is 24.2 Å². The molecule has 0 saturated heterocycles. The lowest BCUT2D eigenvalue weighted by Crippen LogP contribution is -2.36. The van der Waals surface area contributed by atoms with Crippen molar-refractivity contribution in [2.45, 2.75) is 20.0 Å². The summed E-state index contributed by atoms with van der Waals surface area (Å²) in [4.78, 5) is 17.4. The van der Waals surface area contributed by atoms with E-state index in [4.69, 9.17) is 4.99 Å². The SMILES string of the molecule is Cc1csc(=Nc2ccccc2)n1Cc1nnc2n1CCNC2=O. The molecule has 24 heavy (non-hydrogen) atoms. The van der Waals surface area contributed by atoms with Gasteiger partial charge in [0.05, 0.1) is 12.2 Å². The quantitative estimate of drug-likeness (QED) is 0.784. The normalized spacial score (nSPS) is 14.5. The third-order valence-corrected chi connectivity index (χ3v) is 4.90. The number of hydrogen-bond acceptors (Lipinski definition) is 5. The Morgan fingerprint density at radius 2 is 2.12 bits per heavy atom. The van der Waals surface area contributed by atoms with Crippen molar-refractivity contribution >= 4 is 22.9 Å². The average molecular weight is 340 g/mol. The zero-order valence-electron chi connectivity index (χ0n) is 13.1. The predicted octanol–water partition coefficient (Wildman–Crippen LogP) is 1.47. The van der Waals surface area contributed by atoms with E-state index in [2.05, 4.69) is 25.5 Å². The summed E-state index contributed by atoms with van der Waals surface area (Å²) in [6.45, 7) is 3.88. The Morgan fingerprint density at radius 1 is 1.29 bits per heavy atom. The van der Waals surface area contributed by atoms with E-state index < -0.39 is 0 Å². The van der Waals surface area contributed by atoms with E-state index >= 15 is 0 Å². The van der Waals surface area contributed by atoms with Crippen LogP contribution < -0.4 is 10.1 Å². The van der Waals surface area contributed by atoms with E-state index in [0.29, 0.717) is 25.5 Å². The molecule has 0 fully saturated rings. The van der Waals surface area contributed by atoms with Crippen LogP contribution in [-0.4, -0.2) is 31.8 Å². The highest BCUT2D eigenvalue weighted by molar-refractivity contribution is 7.07. The van der Waals surface area contributed by atoms with E-state index in [-0.39, 0.29) is 5.91 Å². The number of para-hydroxylation sites is 1. The highest BCUT2D eigenvalue weighted by Gasteiger charge is 2.22. The fraction of sp³-hybridized carbons (Fsp3) is 0.250. The van der Waals surface area contributed by atoms with Crippen LogP contribution in [0.2, 0.25) is 0 Å². The molecule has 122 valence electrons. The number of fused-ring (bicyclic) bond motifs is 1. The summed E-state index contributed by atoms with van der Waals surface area (Å²) in [6.07, 6.45) is 0. The van der Waals surface area contributed by atoms with Crippen LogP contribution in [0.3, 0.4) is 0 Å². The minimum atomic E-state index is -0.166. The highest BCUT2D eigenvalue weighted by atomic mass is 32.1. The summed E-state index contributed by atoms with van der Waals surface area (Å²) in [5, 5.41) is 13.1. The standard InChI is InChI=1S/C16H16N6OS/c1-11-10-24-16(18-12-5-3-2-4-6-12)22(11)9-13-19-20-14-15(23)17-7-8-21(13)14/h2-6,10H,7-9H2,1H3,(H,17,23). The number of hydrogen-bond donors (Lipinski definition) is 1. The first-order valence-electron chi connectivity index (χ1n) is 7.67. The molecular formula is C16H16N6OS. The van der Waals surface area contributed by atoms with Crippen molar-refractivity contribution in [2.24, 2.45) is 4.99 Å². The van der Waals surface area contributed by atoms with Gasteiger partial charge in [-0.25, -0.2) is 4.99 Å². The first kappa shape index (κ1) is 14.8. The first-order chi connectivity index (χ1) is 11.7. The van der Waals surface area contributed by atoms with Crippen molar-refractivity contribution in [3.63, 3.8) is 0 Å². The van der Waals surface area contributed by atoms with Gasteiger partial charge in [0.1, 0.15) is 0 Å². The lowest BCUT2D eigenvalue weighted by atomic mass is 10.3. The maximum absolute atomic E-state index is 11.8. The lowest BCUT2D eigenvalue weighted by molar-refractivity contribution is 0.0921. The smallest absolute Gasteiger partial charge is 0.289 e.